The minimum Gasteiger partial charge on any atom is -0.495 e. The number of morpholine rings is 1. The Bertz CT molecular complexity index is 1590. The number of ether oxygens (including phenoxy) is 3. The highest BCUT2D eigenvalue weighted by atomic mass is 32.2. The molecule has 0 bridgehead atoms. The van der Waals surface area contributed by atoms with Crippen LogP contribution < -0.4 is 4.74 Å². The molecule has 1 fully saturated rings. The van der Waals surface area contributed by atoms with E-state index in [-0.39, 0.29) is 30.3 Å². The van der Waals surface area contributed by atoms with Crippen molar-refractivity contribution >= 4 is 43.7 Å². The number of carbonyl (C=O) groups is 1. The number of pyridine rings is 1. The van der Waals surface area contributed by atoms with Crippen LogP contribution in [0.25, 0.3) is 27.8 Å². The van der Waals surface area contributed by atoms with Crippen LogP contribution in [0.5, 0.6) is 5.75 Å². The van der Waals surface area contributed by atoms with Gasteiger partial charge < -0.3 is 14.2 Å². The summed E-state index contributed by atoms with van der Waals surface area (Å²) in [5, 5.41) is 3.00. The van der Waals surface area contributed by atoms with Gasteiger partial charge in [0.05, 0.1) is 31.5 Å². The van der Waals surface area contributed by atoms with Gasteiger partial charge in [-0.3, -0.25) is 0 Å². The fourth-order valence-electron chi connectivity index (χ4n) is 4.36. The summed E-state index contributed by atoms with van der Waals surface area (Å²) in [5.41, 5.74) is 2.02. The van der Waals surface area contributed by atoms with Gasteiger partial charge in [-0.2, -0.15) is 4.31 Å². The molecule has 8 nitrogen and oxygen atoms in total. The van der Waals surface area contributed by atoms with Gasteiger partial charge in [0.25, 0.3) is 0 Å². The number of rotatable bonds is 7. The lowest BCUT2D eigenvalue weighted by atomic mass is 10.0. The molecule has 0 spiro atoms. The average molecular weight is 519 g/mol. The zero-order chi connectivity index (χ0) is 25.8. The average Bonchev–Trinajstić information content (AvgIpc) is 2.95. The molecular weight excluding hydrogens is 492 g/mol. The number of carbonyl (C=O) groups excluding carboxylic acids is 1. The van der Waals surface area contributed by atoms with Crippen LogP contribution in [-0.4, -0.2) is 57.1 Å². The third kappa shape index (κ3) is 5.20. The summed E-state index contributed by atoms with van der Waals surface area (Å²) in [4.78, 5) is 17.3. The van der Waals surface area contributed by atoms with Crippen LogP contribution in [0, 0.1) is 0 Å². The SMILES string of the molecule is COc1ccc(/C=C/C(=O)OCc2nc3ccccc3c3ccccc23)cc1S(=O)(=O)N1CCOCC1. The summed E-state index contributed by atoms with van der Waals surface area (Å²) < 4.78 is 43.8. The summed E-state index contributed by atoms with van der Waals surface area (Å²) in [7, 11) is -2.36. The van der Waals surface area contributed by atoms with Crippen molar-refractivity contribution in [3.05, 3.63) is 84.1 Å². The van der Waals surface area contributed by atoms with E-state index in [2.05, 4.69) is 0 Å². The van der Waals surface area contributed by atoms with E-state index >= 15 is 0 Å². The maximum absolute atomic E-state index is 13.2. The lowest BCUT2D eigenvalue weighted by Crippen LogP contribution is -2.40. The second-order valence-corrected chi connectivity index (χ2v) is 10.4. The number of hydrogen-bond donors (Lipinski definition) is 0. The Morgan fingerprint density at radius 2 is 1.70 bits per heavy atom. The third-order valence-corrected chi connectivity index (χ3v) is 8.15. The minimum atomic E-state index is -3.78. The molecule has 2 heterocycles. The van der Waals surface area contributed by atoms with E-state index < -0.39 is 16.0 Å². The Kier molecular flexibility index (Phi) is 7.18. The summed E-state index contributed by atoms with van der Waals surface area (Å²) in [6.45, 7) is 1.24. The fraction of sp³-hybridized carbons (Fsp3) is 0.214. The summed E-state index contributed by atoms with van der Waals surface area (Å²) in [6.07, 6.45) is 2.79. The van der Waals surface area contributed by atoms with Crippen molar-refractivity contribution in [2.45, 2.75) is 11.5 Å². The topological polar surface area (TPSA) is 95.0 Å². The molecule has 1 aliphatic heterocycles. The molecular formula is C28H26N2O6S. The molecule has 0 amide bonds. The molecule has 0 unspecified atom stereocenters. The fourth-order valence-corrected chi connectivity index (χ4v) is 5.96. The van der Waals surface area contributed by atoms with Crippen LogP contribution in [0.2, 0.25) is 0 Å². The molecule has 1 aliphatic rings. The van der Waals surface area contributed by atoms with Gasteiger partial charge in [0.1, 0.15) is 17.3 Å². The number of hydrogen-bond acceptors (Lipinski definition) is 7. The zero-order valence-corrected chi connectivity index (χ0v) is 21.1. The lowest BCUT2D eigenvalue weighted by molar-refractivity contribution is -0.138. The van der Waals surface area contributed by atoms with Gasteiger partial charge in [0.2, 0.25) is 10.0 Å². The van der Waals surface area contributed by atoms with E-state index in [4.69, 9.17) is 19.2 Å². The molecule has 1 aromatic heterocycles. The van der Waals surface area contributed by atoms with Gasteiger partial charge >= 0.3 is 5.97 Å². The number of aromatic nitrogens is 1. The molecule has 0 atom stereocenters. The molecule has 0 aliphatic carbocycles. The predicted molar refractivity (Wildman–Crippen MR) is 141 cm³/mol. The van der Waals surface area contributed by atoms with E-state index in [9.17, 15) is 13.2 Å². The molecule has 37 heavy (non-hydrogen) atoms. The zero-order valence-electron chi connectivity index (χ0n) is 20.3. The van der Waals surface area contributed by atoms with Crippen LogP contribution in [-0.2, 0) is 30.9 Å². The van der Waals surface area contributed by atoms with Crippen molar-refractivity contribution in [1.82, 2.24) is 9.29 Å². The standard InChI is InChI=1S/C28H26N2O6S/c1-34-26-12-10-20(18-27(26)37(32,33)30-14-16-35-17-15-30)11-13-28(31)36-19-25-23-8-3-2-6-21(23)22-7-4-5-9-24(22)29-25/h2-13,18H,14-17,19H2,1H3/b13-11+. The molecule has 190 valence electrons. The molecule has 3 aromatic carbocycles. The Morgan fingerprint density at radius 3 is 2.46 bits per heavy atom. The molecule has 1 saturated heterocycles. The smallest absolute Gasteiger partial charge is 0.331 e. The highest BCUT2D eigenvalue weighted by Crippen LogP contribution is 2.29. The lowest BCUT2D eigenvalue weighted by Gasteiger charge is -2.26. The molecule has 0 saturated carbocycles. The summed E-state index contributed by atoms with van der Waals surface area (Å²) in [6, 6.07) is 20.5. The number of methoxy groups -OCH3 is 1. The number of para-hydroxylation sites is 1. The number of fused-ring (bicyclic) bond motifs is 3. The normalized spacial score (nSPS) is 14.8. The first-order valence-electron chi connectivity index (χ1n) is 11.8. The van der Waals surface area contributed by atoms with Crippen LogP contribution in [0.1, 0.15) is 11.3 Å². The Balaban J connectivity index is 1.34. The van der Waals surface area contributed by atoms with Crippen molar-refractivity contribution in [3.8, 4) is 5.75 Å². The van der Waals surface area contributed by atoms with Gasteiger partial charge in [-0.05, 0) is 35.2 Å². The van der Waals surface area contributed by atoms with Crippen LogP contribution in [0.15, 0.2) is 77.7 Å². The van der Waals surface area contributed by atoms with Crippen molar-refractivity contribution in [3.63, 3.8) is 0 Å². The van der Waals surface area contributed by atoms with E-state index in [0.29, 0.717) is 24.5 Å². The van der Waals surface area contributed by atoms with Crippen LogP contribution >= 0.6 is 0 Å². The van der Waals surface area contributed by atoms with E-state index in [1.807, 2.05) is 48.5 Å². The van der Waals surface area contributed by atoms with Crippen molar-refractivity contribution in [1.29, 1.82) is 0 Å². The third-order valence-electron chi connectivity index (χ3n) is 6.23. The Hall–Kier alpha value is -3.79. The first-order valence-corrected chi connectivity index (χ1v) is 13.3. The second kappa shape index (κ2) is 10.7. The number of sulfonamides is 1. The van der Waals surface area contributed by atoms with Gasteiger partial charge in [-0.15, -0.1) is 0 Å². The first kappa shape index (κ1) is 24.9. The maximum atomic E-state index is 13.2. The molecule has 9 heteroatoms. The van der Waals surface area contributed by atoms with Crippen molar-refractivity contribution in [2.24, 2.45) is 0 Å². The first-order chi connectivity index (χ1) is 18.0. The number of nitrogens with zero attached hydrogens (tertiary/aromatic N) is 2. The van der Waals surface area contributed by atoms with E-state index in [1.165, 1.54) is 29.6 Å². The van der Waals surface area contributed by atoms with E-state index in [0.717, 1.165) is 21.7 Å². The monoisotopic (exact) mass is 518 g/mol. The number of esters is 1. The molecule has 0 radical (unpaired) electrons. The Labute approximate surface area is 215 Å². The van der Waals surface area contributed by atoms with Crippen LogP contribution in [0.3, 0.4) is 0 Å². The second-order valence-electron chi connectivity index (χ2n) is 8.49. The largest absolute Gasteiger partial charge is 0.495 e. The van der Waals surface area contributed by atoms with Crippen molar-refractivity contribution in [2.75, 3.05) is 33.4 Å². The van der Waals surface area contributed by atoms with Gasteiger partial charge in [0, 0.05) is 29.9 Å². The highest BCUT2D eigenvalue weighted by Gasteiger charge is 2.29. The minimum absolute atomic E-state index is 0.00773. The van der Waals surface area contributed by atoms with Crippen molar-refractivity contribution < 1.29 is 27.4 Å². The molecule has 5 rings (SSSR count). The predicted octanol–water partition coefficient (Wildman–Crippen LogP) is 4.17. The summed E-state index contributed by atoms with van der Waals surface area (Å²) in [5.74, 6) is -0.326. The highest BCUT2D eigenvalue weighted by molar-refractivity contribution is 7.89. The summed E-state index contributed by atoms with van der Waals surface area (Å²) >= 11 is 0. The van der Waals surface area contributed by atoms with E-state index in [1.54, 1.807) is 12.1 Å². The quantitative estimate of drug-likeness (QED) is 0.206. The maximum Gasteiger partial charge on any atom is 0.331 e. The molecule has 4 aromatic rings. The Morgan fingerprint density at radius 1 is 1.00 bits per heavy atom. The number of benzene rings is 3. The van der Waals surface area contributed by atoms with Gasteiger partial charge in [-0.25, -0.2) is 18.2 Å². The van der Waals surface area contributed by atoms with Crippen LogP contribution in [0.4, 0.5) is 0 Å². The van der Waals surface area contributed by atoms with Gasteiger partial charge in [-0.1, -0.05) is 48.5 Å². The molecule has 0 N–H and O–H groups in total. The van der Waals surface area contributed by atoms with Gasteiger partial charge in [0.15, 0.2) is 0 Å².